The molecule has 1 unspecified atom stereocenters. The predicted octanol–water partition coefficient (Wildman–Crippen LogP) is 1.57. The Kier molecular flexibility index (Phi) is 5.34. The van der Waals surface area contributed by atoms with Crippen molar-refractivity contribution in [2.45, 2.75) is 43.4 Å². The van der Waals surface area contributed by atoms with Gasteiger partial charge in [0.15, 0.2) is 0 Å². The number of pyridine rings is 1. The van der Waals surface area contributed by atoms with Crippen LogP contribution in [-0.2, 0) is 9.47 Å². The minimum Gasteiger partial charge on any atom is -0.481 e. The van der Waals surface area contributed by atoms with Gasteiger partial charge < -0.3 is 19.1 Å². The van der Waals surface area contributed by atoms with Gasteiger partial charge in [-0.1, -0.05) is 0 Å². The highest BCUT2D eigenvalue weighted by Gasteiger charge is 2.56. The lowest BCUT2D eigenvalue weighted by Crippen LogP contribution is -2.75. The van der Waals surface area contributed by atoms with E-state index in [2.05, 4.69) is 9.88 Å². The summed E-state index contributed by atoms with van der Waals surface area (Å²) in [6.45, 7) is 4.21. The molecule has 0 saturated carbocycles. The molecule has 1 atom stereocenters. The zero-order valence-electron chi connectivity index (χ0n) is 16.2. The summed E-state index contributed by atoms with van der Waals surface area (Å²) >= 11 is 0. The van der Waals surface area contributed by atoms with Gasteiger partial charge in [-0.3, -0.25) is 9.69 Å². The number of nitrogens with zero attached hydrogens (tertiary/aromatic N) is 3. The molecule has 1 amide bonds. The fourth-order valence-electron chi connectivity index (χ4n) is 4.93. The van der Waals surface area contributed by atoms with Crippen LogP contribution in [-0.4, -0.2) is 85.4 Å². The molecule has 1 aromatic heterocycles. The summed E-state index contributed by atoms with van der Waals surface area (Å²) in [6, 6.07) is 4.04. The number of hydrogen-bond acceptors (Lipinski definition) is 6. The van der Waals surface area contributed by atoms with Gasteiger partial charge in [0.1, 0.15) is 0 Å². The lowest BCUT2D eigenvalue weighted by atomic mass is 9.73. The van der Waals surface area contributed by atoms with Crippen molar-refractivity contribution >= 4 is 5.91 Å². The number of methoxy groups -OCH3 is 2. The minimum atomic E-state index is 0.0581. The maximum absolute atomic E-state index is 12.7. The molecule has 1 aromatic rings. The number of amides is 1. The summed E-state index contributed by atoms with van der Waals surface area (Å²) in [5.74, 6) is 0.584. The number of likely N-dealkylation sites (tertiary alicyclic amines) is 2. The number of carbonyl (C=O) groups is 1. The Balaban J connectivity index is 1.36. The van der Waals surface area contributed by atoms with Gasteiger partial charge >= 0.3 is 0 Å². The van der Waals surface area contributed by atoms with Gasteiger partial charge in [0.25, 0.3) is 5.91 Å². The smallest absolute Gasteiger partial charge is 0.255 e. The largest absolute Gasteiger partial charge is 0.481 e. The second-order valence-corrected chi connectivity index (χ2v) is 7.71. The monoisotopic (exact) mass is 375 g/mol. The summed E-state index contributed by atoms with van der Waals surface area (Å²) in [7, 11) is 3.40. The first kappa shape index (κ1) is 18.7. The molecule has 7 nitrogen and oxygen atoms in total. The van der Waals surface area contributed by atoms with E-state index in [1.165, 1.54) is 0 Å². The number of aromatic nitrogens is 1. The minimum absolute atomic E-state index is 0.0581. The van der Waals surface area contributed by atoms with E-state index in [-0.39, 0.29) is 11.4 Å². The summed E-state index contributed by atoms with van der Waals surface area (Å²) in [6.07, 6.45) is 6.02. The van der Waals surface area contributed by atoms with Gasteiger partial charge in [-0.2, -0.15) is 0 Å². The Morgan fingerprint density at radius 3 is 2.56 bits per heavy atom. The molecule has 0 aromatic carbocycles. The third kappa shape index (κ3) is 3.32. The summed E-state index contributed by atoms with van der Waals surface area (Å²) in [5.41, 5.74) is 0.766. The van der Waals surface area contributed by atoms with E-state index in [1.54, 1.807) is 25.4 Å². The van der Waals surface area contributed by atoms with E-state index in [1.807, 2.05) is 12.0 Å². The van der Waals surface area contributed by atoms with Crippen LogP contribution in [0.4, 0.5) is 0 Å². The molecule has 0 aliphatic carbocycles. The van der Waals surface area contributed by atoms with Gasteiger partial charge in [0.05, 0.1) is 24.3 Å². The maximum atomic E-state index is 12.7. The number of piperidine rings is 1. The maximum Gasteiger partial charge on any atom is 0.255 e. The average Bonchev–Trinajstić information content (AvgIpc) is 2.74. The number of hydrogen-bond donors (Lipinski definition) is 0. The molecule has 3 aliphatic rings. The highest BCUT2D eigenvalue weighted by Crippen LogP contribution is 2.44. The fraction of sp³-hybridized carbons (Fsp3) is 0.700. The summed E-state index contributed by atoms with van der Waals surface area (Å²) in [4.78, 5) is 21.5. The molecule has 3 aliphatic heterocycles. The van der Waals surface area contributed by atoms with Crippen LogP contribution >= 0.6 is 0 Å². The normalized spacial score (nSPS) is 26.0. The van der Waals surface area contributed by atoms with Crippen molar-refractivity contribution in [3.63, 3.8) is 0 Å². The first-order valence-electron chi connectivity index (χ1n) is 9.84. The van der Waals surface area contributed by atoms with Crippen molar-refractivity contribution in [1.29, 1.82) is 0 Å². The molecule has 4 rings (SSSR count). The molecule has 1 spiro atoms. The van der Waals surface area contributed by atoms with E-state index in [9.17, 15) is 4.79 Å². The number of rotatable bonds is 4. The Morgan fingerprint density at radius 2 is 1.96 bits per heavy atom. The highest BCUT2D eigenvalue weighted by molar-refractivity contribution is 5.94. The van der Waals surface area contributed by atoms with Crippen LogP contribution in [0, 0.1) is 0 Å². The lowest BCUT2D eigenvalue weighted by molar-refractivity contribution is -0.207. The van der Waals surface area contributed by atoms with Crippen molar-refractivity contribution < 1.29 is 19.0 Å². The first-order valence-corrected chi connectivity index (χ1v) is 9.84. The Hall–Kier alpha value is -1.70. The van der Waals surface area contributed by atoms with Crippen LogP contribution in [0.1, 0.15) is 36.0 Å². The van der Waals surface area contributed by atoms with Crippen LogP contribution in [0.15, 0.2) is 18.3 Å². The average molecular weight is 375 g/mol. The van der Waals surface area contributed by atoms with Crippen molar-refractivity contribution in [1.82, 2.24) is 14.8 Å². The van der Waals surface area contributed by atoms with Gasteiger partial charge in [-0.05, 0) is 31.7 Å². The molecule has 3 saturated heterocycles. The van der Waals surface area contributed by atoms with Crippen LogP contribution in [0.5, 0.6) is 5.88 Å². The zero-order valence-corrected chi connectivity index (χ0v) is 16.2. The van der Waals surface area contributed by atoms with Crippen molar-refractivity contribution in [3.8, 4) is 5.88 Å². The van der Waals surface area contributed by atoms with Crippen LogP contribution in [0.25, 0.3) is 0 Å². The molecule has 27 heavy (non-hydrogen) atoms. The molecule has 0 bridgehead atoms. The number of carbonyl (C=O) groups excluding carboxylic acids is 1. The molecule has 3 fully saturated rings. The Labute approximate surface area is 160 Å². The SMILES string of the molecule is COc1ccc(C(=O)N2CCC(N3CC(OC)C34CCOCC4)CC2)cn1. The van der Waals surface area contributed by atoms with E-state index in [0.717, 1.165) is 58.5 Å². The van der Waals surface area contributed by atoms with Crippen molar-refractivity contribution in [3.05, 3.63) is 23.9 Å². The van der Waals surface area contributed by atoms with Crippen molar-refractivity contribution in [2.75, 3.05) is 47.1 Å². The first-order chi connectivity index (χ1) is 13.2. The van der Waals surface area contributed by atoms with Crippen LogP contribution in [0.3, 0.4) is 0 Å². The van der Waals surface area contributed by atoms with E-state index in [0.29, 0.717) is 23.6 Å². The molecule has 0 radical (unpaired) electrons. The second-order valence-electron chi connectivity index (χ2n) is 7.71. The second kappa shape index (κ2) is 7.73. The summed E-state index contributed by atoms with van der Waals surface area (Å²) in [5, 5.41) is 0. The third-order valence-electron chi connectivity index (χ3n) is 6.56. The molecule has 7 heteroatoms. The zero-order chi connectivity index (χ0) is 18.9. The number of ether oxygens (including phenoxy) is 3. The third-order valence-corrected chi connectivity index (χ3v) is 6.56. The summed E-state index contributed by atoms with van der Waals surface area (Å²) < 4.78 is 16.4. The van der Waals surface area contributed by atoms with E-state index < -0.39 is 0 Å². The van der Waals surface area contributed by atoms with Crippen LogP contribution in [0.2, 0.25) is 0 Å². The molecule has 0 N–H and O–H groups in total. The Bertz CT molecular complexity index is 652. The predicted molar refractivity (Wildman–Crippen MR) is 100 cm³/mol. The van der Waals surface area contributed by atoms with Gasteiger partial charge in [-0.25, -0.2) is 4.98 Å². The lowest BCUT2D eigenvalue weighted by Gasteiger charge is -2.63. The van der Waals surface area contributed by atoms with Gasteiger partial charge in [-0.15, -0.1) is 0 Å². The molecule has 4 heterocycles. The topological polar surface area (TPSA) is 64.1 Å². The highest BCUT2D eigenvalue weighted by atomic mass is 16.5. The molecular weight excluding hydrogens is 346 g/mol. The van der Waals surface area contributed by atoms with Crippen LogP contribution < -0.4 is 4.74 Å². The Morgan fingerprint density at radius 1 is 1.22 bits per heavy atom. The molecule has 148 valence electrons. The van der Waals surface area contributed by atoms with Crippen molar-refractivity contribution in [2.24, 2.45) is 0 Å². The van der Waals surface area contributed by atoms with Gasteiger partial charge in [0, 0.05) is 58.3 Å². The fourth-order valence-corrected chi connectivity index (χ4v) is 4.93. The van der Waals surface area contributed by atoms with Gasteiger partial charge in [0.2, 0.25) is 5.88 Å². The van der Waals surface area contributed by atoms with E-state index in [4.69, 9.17) is 14.2 Å². The van der Waals surface area contributed by atoms with E-state index >= 15 is 0 Å². The standard InChI is InChI=1S/C20H29N3O4/c1-25-17-14-23(20(17)7-11-27-12-8-20)16-5-9-22(10-6-16)19(24)15-3-4-18(26-2)21-13-15/h3-4,13,16-17H,5-12,14H2,1-2H3. The quantitative estimate of drug-likeness (QED) is 0.796. The molecular formula is C20H29N3O4.